The lowest BCUT2D eigenvalue weighted by molar-refractivity contribution is 1.11. The molecule has 0 atom stereocenters. The maximum absolute atomic E-state index is 5.92. The van der Waals surface area contributed by atoms with Gasteiger partial charge in [-0.2, -0.15) is 9.97 Å². The Morgan fingerprint density at radius 2 is 2.20 bits per heavy atom. The molecular weight excluding hydrogens is 294 g/mol. The van der Waals surface area contributed by atoms with Crippen LogP contribution in [0.25, 0.3) is 10.3 Å². The van der Waals surface area contributed by atoms with Gasteiger partial charge in [-0.05, 0) is 34.9 Å². The van der Waals surface area contributed by atoms with Crippen LogP contribution in [0.4, 0.5) is 11.5 Å². The molecule has 1 aromatic carbocycles. The number of benzene rings is 1. The Hall–Kier alpha value is -2.05. The van der Waals surface area contributed by atoms with E-state index in [4.69, 9.17) is 11.6 Å². The molecule has 0 fully saturated rings. The van der Waals surface area contributed by atoms with Crippen LogP contribution in [0.2, 0.25) is 5.28 Å². The lowest BCUT2D eigenvalue weighted by Crippen LogP contribution is -1.97. The second-order valence-corrected chi connectivity index (χ2v) is 5.55. The van der Waals surface area contributed by atoms with Gasteiger partial charge in [0, 0.05) is 11.9 Å². The van der Waals surface area contributed by atoms with Crippen molar-refractivity contribution < 1.29 is 0 Å². The number of thiazole rings is 1. The molecule has 2 aromatic heterocycles. The number of anilines is 2. The Bertz CT molecular complexity index is 842. The number of nitrogens with one attached hydrogen (secondary N) is 1. The van der Waals surface area contributed by atoms with Crippen molar-refractivity contribution in [1.29, 1.82) is 0 Å². The van der Waals surface area contributed by atoms with E-state index < -0.39 is 0 Å². The zero-order chi connectivity index (χ0) is 13.5. The summed E-state index contributed by atoms with van der Waals surface area (Å²) in [6, 6.07) is 6.13. The molecule has 4 rings (SSSR count). The van der Waals surface area contributed by atoms with Crippen molar-refractivity contribution in [3.05, 3.63) is 40.1 Å². The molecule has 0 aliphatic carbocycles. The SMILES string of the molecule is Clc1nc(Nc2ccc3c(c2)C=NC3)c2scnc2n1. The van der Waals surface area contributed by atoms with Gasteiger partial charge < -0.3 is 5.32 Å². The van der Waals surface area contributed by atoms with E-state index in [2.05, 4.69) is 37.4 Å². The summed E-state index contributed by atoms with van der Waals surface area (Å²) in [6.45, 7) is 0.758. The summed E-state index contributed by atoms with van der Waals surface area (Å²) in [5.41, 5.74) is 5.66. The van der Waals surface area contributed by atoms with E-state index in [1.807, 2.05) is 12.3 Å². The largest absolute Gasteiger partial charge is 0.339 e. The molecule has 1 aliphatic heterocycles. The zero-order valence-electron chi connectivity index (χ0n) is 10.2. The molecule has 0 amide bonds. The maximum Gasteiger partial charge on any atom is 0.226 e. The third kappa shape index (κ3) is 1.93. The smallest absolute Gasteiger partial charge is 0.226 e. The van der Waals surface area contributed by atoms with E-state index in [-0.39, 0.29) is 5.28 Å². The predicted molar refractivity (Wildman–Crippen MR) is 81.2 cm³/mol. The van der Waals surface area contributed by atoms with Crippen molar-refractivity contribution in [1.82, 2.24) is 15.0 Å². The van der Waals surface area contributed by atoms with Gasteiger partial charge in [0.1, 0.15) is 4.70 Å². The molecule has 0 spiro atoms. The number of fused-ring (bicyclic) bond motifs is 2. The van der Waals surface area contributed by atoms with Crippen LogP contribution in [0.1, 0.15) is 11.1 Å². The van der Waals surface area contributed by atoms with Gasteiger partial charge in [-0.1, -0.05) is 6.07 Å². The fraction of sp³-hybridized carbons (Fsp3) is 0.0769. The molecule has 0 saturated heterocycles. The Kier molecular flexibility index (Phi) is 2.64. The molecular formula is C13H8ClN5S. The second kappa shape index (κ2) is 4.50. The van der Waals surface area contributed by atoms with Gasteiger partial charge in [-0.25, -0.2) is 4.98 Å². The maximum atomic E-state index is 5.92. The standard InChI is InChI=1S/C13H8ClN5S/c14-13-18-11-10(20-6-16-11)12(19-13)17-9-2-1-7-4-15-5-8(7)3-9/h1-3,5-6H,4H2,(H,17,18,19). The van der Waals surface area contributed by atoms with E-state index in [0.29, 0.717) is 11.5 Å². The topological polar surface area (TPSA) is 63.1 Å². The van der Waals surface area contributed by atoms with Gasteiger partial charge in [0.2, 0.25) is 5.28 Å². The summed E-state index contributed by atoms with van der Waals surface area (Å²) in [4.78, 5) is 16.7. The van der Waals surface area contributed by atoms with Crippen LogP contribution in [0, 0.1) is 0 Å². The van der Waals surface area contributed by atoms with Gasteiger partial charge in [-0.15, -0.1) is 11.3 Å². The van der Waals surface area contributed by atoms with E-state index in [1.165, 1.54) is 16.9 Å². The minimum Gasteiger partial charge on any atom is -0.339 e. The highest BCUT2D eigenvalue weighted by Crippen LogP contribution is 2.29. The van der Waals surface area contributed by atoms with Crippen LogP contribution in [-0.4, -0.2) is 21.2 Å². The van der Waals surface area contributed by atoms with Crippen LogP contribution in [-0.2, 0) is 6.54 Å². The number of aromatic nitrogens is 3. The normalized spacial score (nSPS) is 12.8. The van der Waals surface area contributed by atoms with Crippen molar-refractivity contribution in [3.63, 3.8) is 0 Å². The van der Waals surface area contributed by atoms with Gasteiger partial charge in [0.25, 0.3) is 0 Å². The Morgan fingerprint density at radius 1 is 1.25 bits per heavy atom. The Balaban J connectivity index is 1.77. The minimum absolute atomic E-state index is 0.189. The Morgan fingerprint density at radius 3 is 3.15 bits per heavy atom. The van der Waals surface area contributed by atoms with Crippen molar-refractivity contribution in [2.75, 3.05) is 5.32 Å². The zero-order valence-corrected chi connectivity index (χ0v) is 11.7. The number of nitrogens with zero attached hydrogens (tertiary/aromatic N) is 4. The average molecular weight is 302 g/mol. The molecule has 1 N–H and O–H groups in total. The fourth-order valence-corrected chi connectivity index (χ4v) is 2.97. The van der Waals surface area contributed by atoms with Gasteiger partial charge in [0.05, 0.1) is 12.1 Å². The van der Waals surface area contributed by atoms with E-state index >= 15 is 0 Å². The van der Waals surface area contributed by atoms with Gasteiger partial charge in [0.15, 0.2) is 11.5 Å². The van der Waals surface area contributed by atoms with Crippen LogP contribution < -0.4 is 5.32 Å². The fourth-order valence-electron chi connectivity index (χ4n) is 2.14. The molecule has 5 nitrogen and oxygen atoms in total. The van der Waals surface area contributed by atoms with E-state index in [0.717, 1.165) is 22.5 Å². The van der Waals surface area contributed by atoms with Crippen LogP contribution in [0.15, 0.2) is 28.7 Å². The molecule has 20 heavy (non-hydrogen) atoms. The van der Waals surface area contributed by atoms with Gasteiger partial charge >= 0.3 is 0 Å². The first-order chi connectivity index (χ1) is 9.79. The number of rotatable bonds is 2. The molecule has 0 bridgehead atoms. The third-order valence-electron chi connectivity index (χ3n) is 3.07. The van der Waals surface area contributed by atoms with Gasteiger partial charge in [-0.3, -0.25) is 4.99 Å². The minimum atomic E-state index is 0.189. The lowest BCUT2D eigenvalue weighted by Gasteiger charge is -2.07. The van der Waals surface area contributed by atoms with E-state index in [9.17, 15) is 0 Å². The van der Waals surface area contributed by atoms with Crippen LogP contribution in [0.3, 0.4) is 0 Å². The summed E-state index contributed by atoms with van der Waals surface area (Å²) in [6.07, 6.45) is 1.88. The summed E-state index contributed by atoms with van der Waals surface area (Å²) in [5, 5.41) is 3.47. The van der Waals surface area contributed by atoms with Crippen LogP contribution >= 0.6 is 22.9 Å². The molecule has 3 aromatic rings. The molecule has 0 unspecified atom stereocenters. The molecule has 3 heterocycles. The third-order valence-corrected chi connectivity index (χ3v) is 4.06. The summed E-state index contributed by atoms with van der Waals surface area (Å²) >= 11 is 7.41. The molecule has 7 heteroatoms. The highest BCUT2D eigenvalue weighted by Gasteiger charge is 2.11. The second-order valence-electron chi connectivity index (χ2n) is 4.35. The molecule has 98 valence electrons. The predicted octanol–water partition coefficient (Wildman–Crippen LogP) is 3.42. The highest BCUT2D eigenvalue weighted by molar-refractivity contribution is 7.17. The van der Waals surface area contributed by atoms with Crippen molar-refractivity contribution >= 4 is 51.0 Å². The van der Waals surface area contributed by atoms with Crippen molar-refractivity contribution in [3.8, 4) is 0 Å². The number of hydrogen-bond donors (Lipinski definition) is 1. The quantitative estimate of drug-likeness (QED) is 0.737. The lowest BCUT2D eigenvalue weighted by atomic mass is 10.1. The van der Waals surface area contributed by atoms with Crippen LogP contribution in [0.5, 0.6) is 0 Å². The highest BCUT2D eigenvalue weighted by atomic mass is 35.5. The number of hydrogen-bond acceptors (Lipinski definition) is 6. The molecule has 0 radical (unpaired) electrons. The first kappa shape index (κ1) is 11.7. The summed E-state index contributed by atoms with van der Waals surface area (Å²) in [7, 11) is 0. The summed E-state index contributed by atoms with van der Waals surface area (Å²) < 4.78 is 0.892. The van der Waals surface area contributed by atoms with Crippen molar-refractivity contribution in [2.24, 2.45) is 4.99 Å². The molecule has 1 aliphatic rings. The summed E-state index contributed by atoms with van der Waals surface area (Å²) in [5.74, 6) is 0.678. The first-order valence-corrected chi connectivity index (χ1v) is 7.22. The number of aliphatic imine (C=N–C) groups is 1. The Labute approximate surface area is 123 Å². The monoisotopic (exact) mass is 301 g/mol. The first-order valence-electron chi connectivity index (χ1n) is 5.96. The number of halogens is 1. The average Bonchev–Trinajstić information content (AvgIpc) is 3.05. The molecule has 0 saturated carbocycles. The van der Waals surface area contributed by atoms with E-state index in [1.54, 1.807) is 5.51 Å². The van der Waals surface area contributed by atoms with Crippen molar-refractivity contribution in [2.45, 2.75) is 6.54 Å².